The highest BCUT2D eigenvalue weighted by atomic mass is 16.6. The van der Waals surface area contributed by atoms with Gasteiger partial charge in [0.2, 0.25) is 0 Å². The summed E-state index contributed by atoms with van der Waals surface area (Å²) < 4.78 is 15.6. The third-order valence-corrected chi connectivity index (χ3v) is 2.84. The molecule has 0 spiro atoms. The topological polar surface area (TPSA) is 51.2 Å². The van der Waals surface area contributed by atoms with Crippen LogP contribution in [0.15, 0.2) is 25.1 Å². The minimum absolute atomic E-state index is 0.236. The number of carbonyl (C=O) groups is 1. The third-order valence-electron chi connectivity index (χ3n) is 2.84. The number of hydrogen-bond acceptors (Lipinski definition) is 6. The first-order chi connectivity index (χ1) is 9.72. The van der Waals surface area contributed by atoms with E-state index in [0.29, 0.717) is 26.4 Å². The minimum atomic E-state index is -0.385. The van der Waals surface area contributed by atoms with Gasteiger partial charge >= 0.3 is 5.97 Å². The third kappa shape index (κ3) is 5.22. The fourth-order valence-corrected chi connectivity index (χ4v) is 1.78. The molecule has 20 heavy (non-hydrogen) atoms. The van der Waals surface area contributed by atoms with Crippen LogP contribution in [0, 0.1) is 0 Å². The molecule has 0 fully saturated rings. The average molecular weight is 284 g/mol. The van der Waals surface area contributed by atoms with Crippen LogP contribution in [0.2, 0.25) is 0 Å². The molecule has 0 bridgehead atoms. The van der Waals surface area contributed by atoms with E-state index < -0.39 is 0 Å². The summed E-state index contributed by atoms with van der Waals surface area (Å²) in [4.78, 5) is 15.7. The predicted molar refractivity (Wildman–Crippen MR) is 75.6 cm³/mol. The highest BCUT2D eigenvalue weighted by Gasteiger charge is 2.27. The first kappa shape index (κ1) is 16.5. The Hall–Kier alpha value is -1.53. The standard InChI is InChI=1S/C14H24N2O4/c1-4-7-16-9-8-15(5-2)14(16)20-13(17)6-10-19-12-11-18-3/h4,8-9,14H,1,5-7,10-12H2,2-3H3. The van der Waals surface area contributed by atoms with Gasteiger partial charge < -0.3 is 24.0 Å². The van der Waals surface area contributed by atoms with Crippen LogP contribution in [0.25, 0.3) is 0 Å². The van der Waals surface area contributed by atoms with Crippen LogP contribution in [0.5, 0.6) is 0 Å². The second kappa shape index (κ2) is 9.39. The van der Waals surface area contributed by atoms with Gasteiger partial charge in [0.25, 0.3) is 6.35 Å². The van der Waals surface area contributed by atoms with Gasteiger partial charge in [-0.3, -0.25) is 4.79 Å². The van der Waals surface area contributed by atoms with Crippen molar-refractivity contribution in [2.75, 3.05) is 40.0 Å². The van der Waals surface area contributed by atoms with Crippen molar-refractivity contribution in [1.82, 2.24) is 9.80 Å². The van der Waals surface area contributed by atoms with Crippen molar-refractivity contribution in [2.24, 2.45) is 0 Å². The summed E-state index contributed by atoms with van der Waals surface area (Å²) in [5.41, 5.74) is 0. The maximum Gasteiger partial charge on any atom is 0.311 e. The van der Waals surface area contributed by atoms with Crippen LogP contribution in [0.3, 0.4) is 0 Å². The van der Waals surface area contributed by atoms with E-state index in [2.05, 4.69) is 6.58 Å². The second-order valence-corrected chi connectivity index (χ2v) is 4.29. The van der Waals surface area contributed by atoms with Gasteiger partial charge in [0, 0.05) is 32.6 Å². The molecule has 6 nitrogen and oxygen atoms in total. The molecule has 1 aliphatic rings. The van der Waals surface area contributed by atoms with Gasteiger partial charge in [-0.2, -0.15) is 0 Å². The predicted octanol–water partition coefficient (Wildman–Crippen LogP) is 1.16. The van der Waals surface area contributed by atoms with Gasteiger partial charge in [-0.25, -0.2) is 0 Å². The van der Waals surface area contributed by atoms with Crippen LogP contribution in [0.4, 0.5) is 0 Å². The lowest BCUT2D eigenvalue weighted by Crippen LogP contribution is -2.42. The molecule has 0 N–H and O–H groups in total. The molecule has 0 aromatic heterocycles. The quantitative estimate of drug-likeness (QED) is 0.341. The molecule has 114 valence electrons. The van der Waals surface area contributed by atoms with Crippen molar-refractivity contribution in [3.8, 4) is 0 Å². The van der Waals surface area contributed by atoms with Crippen LogP contribution in [-0.2, 0) is 19.0 Å². The molecular formula is C14H24N2O4. The molecule has 1 heterocycles. The van der Waals surface area contributed by atoms with Crippen molar-refractivity contribution in [3.63, 3.8) is 0 Å². The second-order valence-electron chi connectivity index (χ2n) is 4.29. The van der Waals surface area contributed by atoms with E-state index in [1.807, 2.05) is 29.1 Å². The number of methoxy groups -OCH3 is 1. The van der Waals surface area contributed by atoms with E-state index in [-0.39, 0.29) is 18.7 Å². The van der Waals surface area contributed by atoms with E-state index >= 15 is 0 Å². The fourth-order valence-electron chi connectivity index (χ4n) is 1.78. The zero-order chi connectivity index (χ0) is 14.8. The van der Waals surface area contributed by atoms with E-state index in [0.717, 1.165) is 6.54 Å². The molecule has 1 atom stereocenters. The van der Waals surface area contributed by atoms with Crippen molar-refractivity contribution in [3.05, 3.63) is 25.1 Å². The van der Waals surface area contributed by atoms with Crippen molar-refractivity contribution >= 4 is 5.97 Å². The monoisotopic (exact) mass is 284 g/mol. The van der Waals surface area contributed by atoms with Crippen molar-refractivity contribution < 1.29 is 19.0 Å². The van der Waals surface area contributed by atoms with E-state index in [1.54, 1.807) is 13.2 Å². The maximum absolute atomic E-state index is 11.8. The lowest BCUT2D eigenvalue weighted by molar-refractivity contribution is -0.168. The maximum atomic E-state index is 11.8. The molecule has 1 unspecified atom stereocenters. The fraction of sp³-hybridized carbons (Fsp3) is 0.643. The Bertz CT molecular complexity index is 333. The zero-order valence-electron chi connectivity index (χ0n) is 12.3. The van der Waals surface area contributed by atoms with E-state index in [4.69, 9.17) is 14.2 Å². The SMILES string of the molecule is C=CCN1C=CN(CC)C1OC(=O)CCOCCOC. The Balaban J connectivity index is 2.32. The Morgan fingerprint density at radius 2 is 2.05 bits per heavy atom. The number of rotatable bonds is 10. The van der Waals surface area contributed by atoms with E-state index in [1.165, 1.54) is 0 Å². The number of carbonyl (C=O) groups excluding carboxylic acids is 1. The first-order valence-corrected chi connectivity index (χ1v) is 6.79. The highest BCUT2D eigenvalue weighted by Crippen LogP contribution is 2.17. The number of hydrogen-bond donors (Lipinski definition) is 0. The lowest BCUT2D eigenvalue weighted by atomic mass is 10.4. The number of nitrogens with zero attached hydrogens (tertiary/aromatic N) is 2. The van der Waals surface area contributed by atoms with Gasteiger partial charge in [-0.05, 0) is 6.92 Å². The Labute approximate surface area is 120 Å². The van der Waals surface area contributed by atoms with Gasteiger partial charge in [0.15, 0.2) is 0 Å². The van der Waals surface area contributed by atoms with Crippen LogP contribution >= 0.6 is 0 Å². The van der Waals surface area contributed by atoms with Crippen LogP contribution in [0.1, 0.15) is 13.3 Å². The summed E-state index contributed by atoms with van der Waals surface area (Å²) in [6.07, 6.45) is 5.44. The Morgan fingerprint density at radius 1 is 1.30 bits per heavy atom. The molecule has 0 aliphatic carbocycles. The average Bonchev–Trinajstić information content (AvgIpc) is 2.81. The molecule has 1 aliphatic heterocycles. The molecule has 0 saturated carbocycles. The van der Waals surface area contributed by atoms with Gasteiger partial charge in [0.1, 0.15) is 0 Å². The number of ether oxygens (including phenoxy) is 3. The summed E-state index contributed by atoms with van der Waals surface area (Å²) in [7, 11) is 1.61. The smallest absolute Gasteiger partial charge is 0.311 e. The van der Waals surface area contributed by atoms with Crippen LogP contribution < -0.4 is 0 Å². The Kier molecular flexibility index (Phi) is 7.75. The molecule has 0 radical (unpaired) electrons. The summed E-state index contributed by atoms with van der Waals surface area (Å²) in [5.74, 6) is -0.274. The minimum Gasteiger partial charge on any atom is -0.422 e. The lowest BCUT2D eigenvalue weighted by Gasteiger charge is -2.30. The summed E-state index contributed by atoms with van der Waals surface area (Å²) in [5, 5.41) is 0. The summed E-state index contributed by atoms with van der Waals surface area (Å²) >= 11 is 0. The van der Waals surface area contributed by atoms with Crippen LogP contribution in [-0.4, -0.2) is 62.1 Å². The number of esters is 1. The molecule has 6 heteroatoms. The molecule has 0 amide bonds. The molecular weight excluding hydrogens is 260 g/mol. The zero-order valence-corrected chi connectivity index (χ0v) is 12.3. The molecule has 0 aromatic rings. The summed E-state index contributed by atoms with van der Waals surface area (Å²) in [6.45, 7) is 8.47. The van der Waals surface area contributed by atoms with Crippen molar-refractivity contribution in [2.45, 2.75) is 19.7 Å². The highest BCUT2D eigenvalue weighted by molar-refractivity contribution is 5.69. The van der Waals surface area contributed by atoms with Gasteiger partial charge in [-0.1, -0.05) is 6.08 Å². The van der Waals surface area contributed by atoms with Gasteiger partial charge in [0.05, 0.1) is 26.2 Å². The Morgan fingerprint density at radius 3 is 2.70 bits per heavy atom. The molecule has 0 saturated heterocycles. The summed E-state index contributed by atoms with van der Waals surface area (Å²) in [6, 6.07) is 0. The normalized spacial score (nSPS) is 17.6. The van der Waals surface area contributed by atoms with Gasteiger partial charge in [-0.15, -0.1) is 6.58 Å². The largest absolute Gasteiger partial charge is 0.422 e. The molecule has 0 aromatic carbocycles. The van der Waals surface area contributed by atoms with Crippen molar-refractivity contribution in [1.29, 1.82) is 0 Å². The first-order valence-electron chi connectivity index (χ1n) is 6.79. The van der Waals surface area contributed by atoms with E-state index in [9.17, 15) is 4.79 Å². The molecule has 1 rings (SSSR count).